The molecule has 0 saturated heterocycles. The Morgan fingerprint density at radius 2 is 1.52 bits per heavy atom. The van der Waals surface area contributed by atoms with Crippen molar-refractivity contribution in [2.75, 3.05) is 0 Å². The number of hydrogen-bond acceptors (Lipinski definition) is 5. The predicted molar refractivity (Wildman–Crippen MR) is 85.8 cm³/mol. The summed E-state index contributed by atoms with van der Waals surface area (Å²) in [5.74, 6) is 0.147. The molecule has 5 nitrogen and oxygen atoms in total. The highest BCUT2D eigenvalue weighted by atomic mass is 16.7. The van der Waals surface area contributed by atoms with Gasteiger partial charge in [-0.05, 0) is 53.9 Å². The van der Waals surface area contributed by atoms with E-state index in [9.17, 15) is 9.59 Å². The van der Waals surface area contributed by atoms with Crippen molar-refractivity contribution in [1.82, 2.24) is 0 Å². The zero-order valence-corrected chi connectivity index (χ0v) is 14.9. The second-order valence-corrected chi connectivity index (χ2v) is 8.45. The van der Waals surface area contributed by atoms with Crippen molar-refractivity contribution < 1.29 is 23.8 Å². The van der Waals surface area contributed by atoms with E-state index in [1.807, 2.05) is 20.8 Å². The molecule has 0 spiro atoms. The summed E-state index contributed by atoms with van der Waals surface area (Å²) >= 11 is 0. The largest absolute Gasteiger partial charge is 0.509 e. The van der Waals surface area contributed by atoms with E-state index in [1.54, 1.807) is 20.8 Å². The molecule has 2 aliphatic rings. The number of esters is 1. The molecule has 1 saturated carbocycles. The fraction of sp³-hybridized carbons (Fsp3) is 0.778. The van der Waals surface area contributed by atoms with Crippen molar-refractivity contribution in [2.45, 2.75) is 71.7 Å². The lowest BCUT2D eigenvalue weighted by Crippen LogP contribution is -2.36. The Labute approximate surface area is 138 Å². The highest BCUT2D eigenvalue weighted by molar-refractivity contribution is 5.70. The van der Waals surface area contributed by atoms with Crippen molar-refractivity contribution >= 4 is 12.1 Å². The van der Waals surface area contributed by atoms with Gasteiger partial charge in [-0.15, -0.1) is 0 Å². The summed E-state index contributed by atoms with van der Waals surface area (Å²) in [5.41, 5.74) is -1.10. The van der Waals surface area contributed by atoms with Crippen LogP contribution in [0.15, 0.2) is 12.2 Å². The number of ether oxygens (including phenoxy) is 3. The van der Waals surface area contributed by atoms with Gasteiger partial charge in [0.15, 0.2) is 0 Å². The second kappa shape index (κ2) is 6.17. The lowest BCUT2D eigenvalue weighted by molar-refractivity contribution is -0.157. The quantitative estimate of drug-likeness (QED) is 0.583. The van der Waals surface area contributed by atoms with Crippen molar-refractivity contribution in [3.8, 4) is 0 Å². The van der Waals surface area contributed by atoms with Crippen LogP contribution < -0.4 is 0 Å². The molecular formula is C18H28O5. The number of carbonyl (C=O) groups is 2. The number of hydrogen-bond donors (Lipinski definition) is 0. The van der Waals surface area contributed by atoms with Crippen LogP contribution in [0.5, 0.6) is 0 Å². The van der Waals surface area contributed by atoms with E-state index in [-0.39, 0.29) is 36.2 Å². The lowest BCUT2D eigenvalue weighted by atomic mass is 9.88. The van der Waals surface area contributed by atoms with Crippen molar-refractivity contribution in [3.63, 3.8) is 0 Å². The van der Waals surface area contributed by atoms with Gasteiger partial charge in [0.1, 0.15) is 17.3 Å². The Hall–Kier alpha value is -1.52. The molecule has 0 aliphatic heterocycles. The summed E-state index contributed by atoms with van der Waals surface area (Å²) < 4.78 is 16.2. The molecule has 2 bridgehead atoms. The third-order valence-corrected chi connectivity index (χ3v) is 3.99. The Kier molecular flexibility index (Phi) is 4.79. The molecule has 0 radical (unpaired) electrons. The predicted octanol–water partition coefficient (Wildman–Crippen LogP) is 3.86. The van der Waals surface area contributed by atoms with Crippen LogP contribution in [0.25, 0.3) is 0 Å². The van der Waals surface area contributed by atoms with Crippen molar-refractivity contribution in [2.24, 2.45) is 17.8 Å². The molecule has 5 heteroatoms. The van der Waals surface area contributed by atoms with Gasteiger partial charge >= 0.3 is 12.1 Å². The van der Waals surface area contributed by atoms with E-state index in [0.29, 0.717) is 0 Å². The molecule has 2 aliphatic carbocycles. The minimum atomic E-state index is -0.669. The molecule has 0 aromatic carbocycles. The van der Waals surface area contributed by atoms with E-state index in [0.717, 1.165) is 6.42 Å². The van der Waals surface area contributed by atoms with E-state index < -0.39 is 17.4 Å². The van der Waals surface area contributed by atoms with E-state index in [2.05, 4.69) is 12.2 Å². The Morgan fingerprint density at radius 1 is 0.957 bits per heavy atom. The second-order valence-electron chi connectivity index (χ2n) is 8.45. The summed E-state index contributed by atoms with van der Waals surface area (Å²) in [7, 11) is 0. The minimum Gasteiger partial charge on any atom is -0.460 e. The summed E-state index contributed by atoms with van der Waals surface area (Å²) in [4.78, 5) is 24.1. The molecule has 0 aromatic rings. The van der Waals surface area contributed by atoms with Crippen LogP contribution in [0, 0.1) is 17.8 Å². The Morgan fingerprint density at radius 3 is 2.09 bits per heavy atom. The average molecular weight is 324 g/mol. The molecule has 4 unspecified atom stereocenters. The molecule has 2 rings (SSSR count). The minimum absolute atomic E-state index is 0.0348. The maximum absolute atomic E-state index is 12.1. The maximum Gasteiger partial charge on any atom is 0.509 e. The molecule has 0 amide bonds. The van der Waals surface area contributed by atoms with Crippen LogP contribution in [0.2, 0.25) is 0 Å². The van der Waals surface area contributed by atoms with Gasteiger partial charge in [0.25, 0.3) is 0 Å². The molecule has 1 fully saturated rings. The normalized spacial score (nSPS) is 29.5. The fourth-order valence-corrected chi connectivity index (χ4v) is 3.28. The first-order valence-electron chi connectivity index (χ1n) is 8.24. The third-order valence-electron chi connectivity index (χ3n) is 3.99. The summed E-state index contributed by atoms with van der Waals surface area (Å²) in [6.45, 7) is 10.9. The highest BCUT2D eigenvalue weighted by Gasteiger charge is 2.48. The van der Waals surface area contributed by atoms with Crippen molar-refractivity contribution in [3.05, 3.63) is 12.2 Å². The maximum atomic E-state index is 12.1. The molecule has 0 N–H and O–H groups in total. The van der Waals surface area contributed by atoms with Gasteiger partial charge in [0, 0.05) is 11.8 Å². The zero-order valence-electron chi connectivity index (χ0n) is 14.9. The number of allylic oxidation sites excluding steroid dienone is 1. The molecule has 4 atom stereocenters. The van der Waals surface area contributed by atoms with Crippen LogP contribution >= 0.6 is 0 Å². The van der Waals surface area contributed by atoms with Crippen LogP contribution in [-0.4, -0.2) is 29.4 Å². The SMILES string of the molecule is CC(C)(C)OC(=O)CC1C2C=CC(C2)C1OC(=O)OC(C)(C)C. The van der Waals surface area contributed by atoms with Gasteiger partial charge in [0.05, 0.1) is 6.42 Å². The Balaban J connectivity index is 1.99. The van der Waals surface area contributed by atoms with Crippen molar-refractivity contribution in [1.29, 1.82) is 0 Å². The monoisotopic (exact) mass is 324 g/mol. The van der Waals surface area contributed by atoms with E-state index >= 15 is 0 Å². The first-order chi connectivity index (χ1) is 10.4. The van der Waals surface area contributed by atoms with Gasteiger partial charge in [-0.3, -0.25) is 4.79 Å². The zero-order chi connectivity index (χ0) is 17.4. The lowest BCUT2D eigenvalue weighted by Gasteiger charge is -2.29. The molecular weight excluding hydrogens is 296 g/mol. The third kappa shape index (κ3) is 4.98. The molecule has 0 aromatic heterocycles. The smallest absolute Gasteiger partial charge is 0.460 e. The average Bonchev–Trinajstić information content (AvgIpc) is 2.87. The molecule has 23 heavy (non-hydrogen) atoms. The topological polar surface area (TPSA) is 61.8 Å². The van der Waals surface area contributed by atoms with Crippen LogP contribution in [-0.2, 0) is 19.0 Å². The summed E-state index contributed by atoms with van der Waals surface area (Å²) in [6.07, 6.45) is 4.39. The highest BCUT2D eigenvalue weighted by Crippen LogP contribution is 2.47. The molecule has 130 valence electrons. The first kappa shape index (κ1) is 17.8. The van der Waals surface area contributed by atoms with Gasteiger partial charge in [-0.25, -0.2) is 4.79 Å². The number of fused-ring (bicyclic) bond motifs is 2. The number of carbonyl (C=O) groups excluding carboxylic acids is 2. The standard InChI is InChI=1S/C18H28O5/c1-17(2,3)22-14(19)10-13-11-7-8-12(9-11)15(13)21-16(20)23-18(4,5)6/h7-8,11-13,15H,9-10H2,1-6H3. The van der Waals surface area contributed by atoms with E-state index in [1.165, 1.54) is 0 Å². The fourth-order valence-electron chi connectivity index (χ4n) is 3.28. The van der Waals surface area contributed by atoms with Crippen LogP contribution in [0.1, 0.15) is 54.4 Å². The summed E-state index contributed by atoms with van der Waals surface area (Å²) in [6, 6.07) is 0. The van der Waals surface area contributed by atoms with E-state index in [4.69, 9.17) is 14.2 Å². The molecule has 0 heterocycles. The van der Waals surface area contributed by atoms with Gasteiger partial charge in [0.2, 0.25) is 0 Å². The first-order valence-corrected chi connectivity index (χ1v) is 8.24. The van der Waals surface area contributed by atoms with Gasteiger partial charge in [-0.1, -0.05) is 12.2 Å². The number of rotatable bonds is 3. The van der Waals surface area contributed by atoms with Gasteiger partial charge < -0.3 is 14.2 Å². The van der Waals surface area contributed by atoms with Crippen LogP contribution in [0.3, 0.4) is 0 Å². The van der Waals surface area contributed by atoms with Crippen LogP contribution in [0.4, 0.5) is 4.79 Å². The van der Waals surface area contributed by atoms with Gasteiger partial charge in [-0.2, -0.15) is 0 Å². The summed E-state index contributed by atoms with van der Waals surface area (Å²) in [5, 5.41) is 0. The Bertz CT molecular complexity index is 451.